The second-order valence-electron chi connectivity index (χ2n) is 8.98. The van der Waals surface area contributed by atoms with Crippen LogP contribution in [0.1, 0.15) is 66.2 Å². The molecule has 2 heterocycles. The highest BCUT2D eigenvalue weighted by Crippen LogP contribution is 2.33. The molecule has 2 saturated heterocycles. The number of unbranched alkanes of at least 4 members (excludes halogenated alkanes) is 2. The van der Waals surface area contributed by atoms with Gasteiger partial charge in [-0.2, -0.15) is 5.43 Å². The van der Waals surface area contributed by atoms with Crippen molar-refractivity contribution < 1.29 is 4.59 Å². The summed E-state index contributed by atoms with van der Waals surface area (Å²) in [4.78, 5) is 0. The van der Waals surface area contributed by atoms with Gasteiger partial charge in [0.2, 0.25) is 0 Å². The average Bonchev–Trinajstić information content (AvgIpc) is 2.87. The van der Waals surface area contributed by atoms with Crippen LogP contribution in [0.5, 0.6) is 0 Å². The van der Waals surface area contributed by atoms with Gasteiger partial charge in [-0.3, -0.25) is 0 Å². The van der Waals surface area contributed by atoms with Crippen LogP contribution in [-0.4, -0.2) is 43.9 Å². The molecule has 2 fully saturated rings. The number of piperidine rings is 1. The smallest absolute Gasteiger partial charge is 0.100 e. The van der Waals surface area contributed by atoms with E-state index in [1.54, 1.807) is 0 Å². The largest absolute Gasteiger partial charge is 0.313 e. The highest BCUT2D eigenvalue weighted by molar-refractivity contribution is 4.88. The summed E-state index contributed by atoms with van der Waals surface area (Å²) in [7, 11) is 2.40. The normalized spacial score (nSPS) is 36.5. The van der Waals surface area contributed by atoms with Crippen LogP contribution in [0, 0.1) is 23.7 Å². The Kier molecular flexibility index (Phi) is 7.37. The Hall–Kier alpha value is -0.120. The first-order valence-electron chi connectivity index (χ1n) is 10.3. The Bertz CT molecular complexity index is 344. The minimum atomic E-state index is 0.739. The maximum absolute atomic E-state index is 3.86. The van der Waals surface area contributed by atoms with Gasteiger partial charge in [0.1, 0.15) is 6.54 Å². The van der Waals surface area contributed by atoms with Crippen molar-refractivity contribution >= 4 is 0 Å². The molecule has 0 spiro atoms. The molecule has 0 saturated carbocycles. The van der Waals surface area contributed by atoms with Gasteiger partial charge >= 0.3 is 0 Å². The lowest BCUT2D eigenvalue weighted by molar-refractivity contribution is -0.941. The molecular weight excluding hydrogens is 282 g/mol. The fourth-order valence-electron chi connectivity index (χ4n) is 4.95. The van der Waals surface area contributed by atoms with E-state index in [0.29, 0.717) is 0 Å². The van der Waals surface area contributed by atoms with Crippen LogP contribution in [0.15, 0.2) is 0 Å². The lowest BCUT2D eigenvalue weighted by atomic mass is 9.74. The fraction of sp³-hybridized carbons (Fsp3) is 1.00. The molecule has 5 unspecified atom stereocenters. The lowest BCUT2D eigenvalue weighted by Crippen LogP contribution is -2.50. The Morgan fingerprint density at radius 3 is 2.65 bits per heavy atom. The molecule has 0 aromatic carbocycles. The summed E-state index contributed by atoms with van der Waals surface area (Å²) >= 11 is 0. The molecule has 136 valence electrons. The molecule has 0 aromatic rings. The summed E-state index contributed by atoms with van der Waals surface area (Å²) < 4.78 is 1.10. The van der Waals surface area contributed by atoms with E-state index in [1.807, 2.05) is 0 Å². The van der Waals surface area contributed by atoms with E-state index in [4.69, 9.17) is 0 Å². The highest BCUT2D eigenvalue weighted by Gasteiger charge is 2.38. The van der Waals surface area contributed by atoms with Crippen molar-refractivity contribution in [1.29, 1.82) is 0 Å². The van der Waals surface area contributed by atoms with Crippen LogP contribution < -0.4 is 10.7 Å². The first-order valence-corrected chi connectivity index (χ1v) is 10.3. The van der Waals surface area contributed by atoms with Gasteiger partial charge in [0.15, 0.2) is 0 Å². The SMILES string of the molecule is CCCCC[N+]1(C)CC(CC(C(C)C)C2NCCCC2C)CN1. The third-order valence-corrected chi connectivity index (χ3v) is 6.43. The Labute approximate surface area is 145 Å². The average molecular weight is 325 g/mol. The molecule has 0 aromatic heterocycles. The highest BCUT2D eigenvalue weighted by atomic mass is 15.7. The van der Waals surface area contributed by atoms with Crippen LogP contribution in [-0.2, 0) is 0 Å². The summed E-state index contributed by atoms with van der Waals surface area (Å²) in [6.45, 7) is 14.7. The number of nitrogens with zero attached hydrogens (tertiary/aromatic N) is 1. The molecule has 3 nitrogen and oxygen atoms in total. The molecular formula is C20H42N3+. The minimum Gasteiger partial charge on any atom is -0.313 e. The number of hydrogen-bond donors (Lipinski definition) is 2. The topological polar surface area (TPSA) is 24.1 Å². The quantitative estimate of drug-likeness (QED) is 0.524. The van der Waals surface area contributed by atoms with Gasteiger partial charge in [-0.1, -0.05) is 34.1 Å². The van der Waals surface area contributed by atoms with Crippen LogP contribution in [0.2, 0.25) is 0 Å². The van der Waals surface area contributed by atoms with Crippen LogP contribution in [0.3, 0.4) is 0 Å². The van der Waals surface area contributed by atoms with Crippen molar-refractivity contribution in [2.24, 2.45) is 23.7 Å². The predicted molar refractivity (Wildman–Crippen MR) is 100 cm³/mol. The third-order valence-electron chi connectivity index (χ3n) is 6.43. The zero-order valence-corrected chi connectivity index (χ0v) is 16.4. The monoisotopic (exact) mass is 324 g/mol. The second-order valence-corrected chi connectivity index (χ2v) is 8.98. The van der Waals surface area contributed by atoms with Crippen molar-refractivity contribution in [3.05, 3.63) is 0 Å². The van der Waals surface area contributed by atoms with E-state index >= 15 is 0 Å². The summed E-state index contributed by atoms with van der Waals surface area (Å²) in [6, 6.07) is 0.739. The number of nitrogens with one attached hydrogen (secondary N) is 2. The molecule has 5 atom stereocenters. The van der Waals surface area contributed by atoms with E-state index in [0.717, 1.165) is 34.3 Å². The van der Waals surface area contributed by atoms with Gasteiger partial charge in [-0.05, 0) is 56.4 Å². The molecule has 0 aliphatic carbocycles. The maximum Gasteiger partial charge on any atom is 0.100 e. The summed E-state index contributed by atoms with van der Waals surface area (Å²) in [5.74, 6) is 3.31. The number of quaternary nitrogens is 1. The van der Waals surface area contributed by atoms with E-state index < -0.39 is 0 Å². The lowest BCUT2D eigenvalue weighted by Gasteiger charge is -2.39. The van der Waals surface area contributed by atoms with Gasteiger partial charge < -0.3 is 5.32 Å². The Balaban J connectivity index is 1.88. The molecule has 2 N–H and O–H groups in total. The molecule has 2 rings (SSSR count). The third kappa shape index (κ3) is 5.44. The van der Waals surface area contributed by atoms with Crippen LogP contribution in [0.4, 0.5) is 0 Å². The van der Waals surface area contributed by atoms with E-state index in [9.17, 15) is 0 Å². The summed E-state index contributed by atoms with van der Waals surface area (Å²) in [5.41, 5.74) is 3.82. The van der Waals surface area contributed by atoms with Crippen molar-refractivity contribution in [3.63, 3.8) is 0 Å². The van der Waals surface area contributed by atoms with E-state index in [-0.39, 0.29) is 0 Å². The Morgan fingerprint density at radius 1 is 1.22 bits per heavy atom. The van der Waals surface area contributed by atoms with Crippen molar-refractivity contribution in [3.8, 4) is 0 Å². The van der Waals surface area contributed by atoms with Crippen molar-refractivity contribution in [2.75, 3.05) is 33.2 Å². The standard InChI is InChI=1S/C20H42N3/c1-6-7-8-12-23(5)15-18(14-22-23)13-19(16(2)3)20-17(4)10-9-11-21-20/h16-22H,6-15H2,1-5H3/q+1. The molecule has 0 bridgehead atoms. The van der Waals surface area contributed by atoms with Gasteiger partial charge in [0, 0.05) is 12.0 Å². The Morgan fingerprint density at radius 2 is 2.00 bits per heavy atom. The molecule has 2 aliphatic rings. The zero-order chi connectivity index (χ0) is 16.9. The summed E-state index contributed by atoms with van der Waals surface area (Å²) in [5, 5.41) is 3.86. The number of hydrogen-bond acceptors (Lipinski definition) is 2. The molecule has 0 radical (unpaired) electrons. The number of rotatable bonds is 8. The van der Waals surface area contributed by atoms with Gasteiger partial charge in [0.05, 0.1) is 20.1 Å². The van der Waals surface area contributed by atoms with Crippen LogP contribution in [0.25, 0.3) is 0 Å². The van der Waals surface area contributed by atoms with E-state index in [2.05, 4.69) is 45.5 Å². The van der Waals surface area contributed by atoms with Gasteiger partial charge in [0.25, 0.3) is 0 Å². The minimum absolute atomic E-state index is 0.739. The van der Waals surface area contributed by atoms with Crippen LogP contribution >= 0.6 is 0 Å². The maximum atomic E-state index is 3.86. The first-order chi connectivity index (χ1) is 10.9. The predicted octanol–water partition coefficient (Wildman–Crippen LogP) is 3.81. The summed E-state index contributed by atoms with van der Waals surface area (Å²) in [6.07, 6.45) is 8.23. The van der Waals surface area contributed by atoms with Gasteiger partial charge in [-0.25, -0.2) is 4.59 Å². The van der Waals surface area contributed by atoms with Crippen molar-refractivity contribution in [1.82, 2.24) is 10.7 Å². The molecule has 2 aliphatic heterocycles. The molecule has 23 heavy (non-hydrogen) atoms. The second kappa shape index (κ2) is 8.82. The molecule has 0 amide bonds. The zero-order valence-electron chi connectivity index (χ0n) is 16.4. The van der Waals surface area contributed by atoms with Crippen molar-refractivity contribution in [2.45, 2.75) is 72.3 Å². The first kappa shape index (κ1) is 19.2. The van der Waals surface area contributed by atoms with Gasteiger partial charge in [-0.15, -0.1) is 0 Å². The molecule has 3 heteroatoms. The van der Waals surface area contributed by atoms with E-state index in [1.165, 1.54) is 64.7 Å². The fourth-order valence-corrected chi connectivity index (χ4v) is 4.95.